The van der Waals surface area contributed by atoms with E-state index in [0.29, 0.717) is 43.8 Å². The van der Waals surface area contributed by atoms with Crippen LogP contribution in [0.2, 0.25) is 10.0 Å². The van der Waals surface area contributed by atoms with Gasteiger partial charge in [-0.05, 0) is 48.0 Å². The van der Waals surface area contributed by atoms with E-state index in [1.165, 1.54) is 6.08 Å². The quantitative estimate of drug-likeness (QED) is 0.216. The zero-order valence-corrected chi connectivity index (χ0v) is 21.2. The maximum Gasteiger partial charge on any atom is 0.330 e. The van der Waals surface area contributed by atoms with Crippen LogP contribution in [0.25, 0.3) is 28.1 Å². The predicted molar refractivity (Wildman–Crippen MR) is 143 cm³/mol. The summed E-state index contributed by atoms with van der Waals surface area (Å²) in [5.41, 5.74) is 2.92. The van der Waals surface area contributed by atoms with Crippen molar-refractivity contribution < 1.29 is 19.0 Å². The van der Waals surface area contributed by atoms with Gasteiger partial charge in [-0.2, -0.15) is 0 Å². The summed E-state index contributed by atoms with van der Waals surface area (Å²) in [5.74, 6) is 0.605. The third-order valence-corrected chi connectivity index (χ3v) is 6.20. The van der Waals surface area contributed by atoms with Crippen molar-refractivity contribution in [3.8, 4) is 22.6 Å². The van der Waals surface area contributed by atoms with Gasteiger partial charge in [0.2, 0.25) is 0 Å². The lowest BCUT2D eigenvalue weighted by Gasteiger charge is -2.14. The lowest BCUT2D eigenvalue weighted by atomic mass is 9.94. The first-order valence-corrected chi connectivity index (χ1v) is 11.8. The van der Waals surface area contributed by atoms with E-state index in [1.807, 2.05) is 18.2 Å². The summed E-state index contributed by atoms with van der Waals surface area (Å²) in [6, 6.07) is 17.8. The zero-order valence-electron chi connectivity index (χ0n) is 19.6. The van der Waals surface area contributed by atoms with Crippen molar-refractivity contribution in [1.82, 2.24) is 4.98 Å². The van der Waals surface area contributed by atoms with Crippen LogP contribution in [0.5, 0.6) is 11.5 Å². The lowest BCUT2D eigenvalue weighted by molar-refractivity contribution is -0.137. The second-order valence-electron chi connectivity index (χ2n) is 7.84. The number of carbonyl (C=O) groups is 1. The van der Waals surface area contributed by atoms with Gasteiger partial charge in [-0.25, -0.2) is 4.79 Å². The number of halogens is 2. The summed E-state index contributed by atoms with van der Waals surface area (Å²) >= 11 is 12.8. The fourth-order valence-corrected chi connectivity index (χ4v) is 4.34. The Balaban J connectivity index is 1.57. The Morgan fingerprint density at radius 1 is 0.972 bits per heavy atom. The number of pyridine rings is 1. The number of carbonyl (C=O) groups excluding carboxylic acids is 1. The molecule has 0 aliphatic rings. The van der Waals surface area contributed by atoms with Crippen molar-refractivity contribution in [2.75, 3.05) is 20.8 Å². The Morgan fingerprint density at radius 3 is 2.50 bits per heavy atom. The van der Waals surface area contributed by atoms with E-state index in [0.717, 1.165) is 10.9 Å². The summed E-state index contributed by atoms with van der Waals surface area (Å²) in [6.07, 6.45) is 3.12. The summed E-state index contributed by atoms with van der Waals surface area (Å²) < 4.78 is 15.9. The monoisotopic (exact) mass is 523 g/mol. The number of aromatic nitrogens is 1. The maximum atomic E-state index is 13.0. The maximum absolute atomic E-state index is 13.0. The molecule has 6 nitrogen and oxygen atoms in total. The fraction of sp³-hybridized carbons (Fsp3) is 0.143. The van der Waals surface area contributed by atoms with Crippen LogP contribution in [0.4, 0.5) is 0 Å². The first kappa shape index (κ1) is 25.4. The van der Waals surface area contributed by atoms with Crippen LogP contribution in [0.3, 0.4) is 0 Å². The molecule has 1 heterocycles. The Bertz CT molecular complexity index is 1510. The highest BCUT2D eigenvalue weighted by Gasteiger charge is 2.17. The molecule has 0 aliphatic carbocycles. The van der Waals surface area contributed by atoms with E-state index in [9.17, 15) is 9.59 Å². The van der Waals surface area contributed by atoms with Gasteiger partial charge < -0.3 is 19.2 Å². The minimum absolute atomic E-state index is 0.00170. The van der Waals surface area contributed by atoms with Crippen LogP contribution in [0, 0.1) is 0 Å². The first-order valence-electron chi connectivity index (χ1n) is 11.1. The van der Waals surface area contributed by atoms with Gasteiger partial charge in [-0.3, -0.25) is 4.79 Å². The molecule has 1 aromatic heterocycles. The molecule has 4 aromatic rings. The third kappa shape index (κ3) is 5.56. The van der Waals surface area contributed by atoms with Crippen LogP contribution in [0.15, 0.2) is 71.5 Å². The van der Waals surface area contributed by atoms with Gasteiger partial charge in [0.15, 0.2) is 11.5 Å². The average molecular weight is 524 g/mol. The van der Waals surface area contributed by atoms with Gasteiger partial charge in [-0.15, -0.1) is 0 Å². The largest absolute Gasteiger partial charge is 0.493 e. The molecule has 0 fully saturated rings. The number of methoxy groups -OCH3 is 2. The van der Waals surface area contributed by atoms with Crippen molar-refractivity contribution in [3.05, 3.63) is 98.3 Å². The number of rotatable bonds is 8. The summed E-state index contributed by atoms with van der Waals surface area (Å²) in [6.45, 7) is 0.00170. The fourth-order valence-electron chi connectivity index (χ4n) is 3.94. The Kier molecular flexibility index (Phi) is 7.98. The van der Waals surface area contributed by atoms with Gasteiger partial charge in [0.25, 0.3) is 5.56 Å². The highest BCUT2D eigenvalue weighted by atomic mass is 35.5. The highest BCUT2D eigenvalue weighted by Crippen LogP contribution is 2.35. The van der Waals surface area contributed by atoms with Gasteiger partial charge in [0, 0.05) is 50.1 Å². The standard InChI is InChI=1S/C28H23Cl2NO5/c1-34-24-11-7-17(15-25(24)35-2)8-12-26(32)36-14-13-20-27(19-5-3-4-6-22(19)30)21-16-18(29)9-10-23(21)31-28(20)33/h3-12,15-16H,13-14H2,1-2H3,(H,31,33)/b12-8+. The molecule has 0 atom stereocenters. The number of hydrogen-bond donors (Lipinski definition) is 1. The van der Waals surface area contributed by atoms with Crippen LogP contribution < -0.4 is 15.0 Å². The van der Waals surface area contributed by atoms with E-state index in [1.54, 1.807) is 62.8 Å². The molecule has 184 valence electrons. The molecule has 0 bridgehead atoms. The first-order chi connectivity index (χ1) is 17.4. The predicted octanol–water partition coefficient (Wildman–Crippen LogP) is 6.32. The SMILES string of the molecule is COc1ccc(/C=C/C(=O)OCCc2c(-c3ccccc3Cl)c3cc(Cl)ccc3[nH]c2=O)cc1OC. The topological polar surface area (TPSA) is 77.6 Å². The molecule has 0 unspecified atom stereocenters. The normalized spacial score (nSPS) is 11.1. The van der Waals surface area contributed by atoms with Crippen LogP contribution >= 0.6 is 23.2 Å². The van der Waals surface area contributed by atoms with Crippen molar-refractivity contribution in [1.29, 1.82) is 0 Å². The summed E-state index contributed by atoms with van der Waals surface area (Å²) in [4.78, 5) is 28.2. The highest BCUT2D eigenvalue weighted by molar-refractivity contribution is 6.34. The van der Waals surface area contributed by atoms with Crippen LogP contribution in [-0.2, 0) is 16.0 Å². The Morgan fingerprint density at radius 2 is 1.75 bits per heavy atom. The van der Waals surface area contributed by atoms with Gasteiger partial charge in [0.05, 0.1) is 20.8 Å². The smallest absolute Gasteiger partial charge is 0.330 e. The minimum Gasteiger partial charge on any atom is -0.493 e. The molecule has 8 heteroatoms. The molecule has 0 saturated carbocycles. The summed E-state index contributed by atoms with van der Waals surface area (Å²) in [5, 5.41) is 1.78. The second kappa shape index (κ2) is 11.3. The number of H-pyrrole nitrogens is 1. The van der Waals surface area contributed by atoms with Crippen molar-refractivity contribution in [2.45, 2.75) is 6.42 Å². The number of fused-ring (bicyclic) bond motifs is 1. The molecule has 36 heavy (non-hydrogen) atoms. The number of hydrogen-bond acceptors (Lipinski definition) is 5. The van der Waals surface area contributed by atoms with Gasteiger partial charge in [-0.1, -0.05) is 47.5 Å². The van der Waals surface area contributed by atoms with E-state index < -0.39 is 5.97 Å². The number of aromatic amines is 1. The van der Waals surface area contributed by atoms with Gasteiger partial charge >= 0.3 is 5.97 Å². The molecular formula is C28H23Cl2NO5. The van der Waals surface area contributed by atoms with Crippen LogP contribution in [0.1, 0.15) is 11.1 Å². The Hall–Kier alpha value is -3.74. The van der Waals surface area contributed by atoms with E-state index >= 15 is 0 Å². The molecule has 0 spiro atoms. The number of nitrogens with one attached hydrogen (secondary N) is 1. The molecule has 0 aliphatic heterocycles. The van der Waals surface area contributed by atoms with Crippen LogP contribution in [-0.4, -0.2) is 31.8 Å². The van der Waals surface area contributed by atoms with Crippen molar-refractivity contribution in [2.24, 2.45) is 0 Å². The Labute approximate surface area is 218 Å². The zero-order chi connectivity index (χ0) is 25.7. The lowest BCUT2D eigenvalue weighted by Crippen LogP contribution is -2.17. The van der Waals surface area contributed by atoms with E-state index in [4.69, 9.17) is 37.4 Å². The average Bonchev–Trinajstić information content (AvgIpc) is 2.88. The number of ether oxygens (including phenoxy) is 3. The molecular weight excluding hydrogens is 501 g/mol. The third-order valence-electron chi connectivity index (χ3n) is 5.63. The molecule has 0 radical (unpaired) electrons. The van der Waals surface area contributed by atoms with Crippen molar-refractivity contribution in [3.63, 3.8) is 0 Å². The molecule has 3 aromatic carbocycles. The van der Waals surface area contributed by atoms with Gasteiger partial charge in [0.1, 0.15) is 0 Å². The number of benzene rings is 3. The van der Waals surface area contributed by atoms with E-state index in [-0.39, 0.29) is 18.6 Å². The number of esters is 1. The molecule has 0 amide bonds. The van der Waals surface area contributed by atoms with E-state index in [2.05, 4.69) is 4.98 Å². The van der Waals surface area contributed by atoms with Crippen molar-refractivity contribution >= 4 is 46.2 Å². The summed E-state index contributed by atoms with van der Waals surface area (Å²) in [7, 11) is 3.09. The second-order valence-corrected chi connectivity index (χ2v) is 8.69. The minimum atomic E-state index is -0.538. The molecule has 1 N–H and O–H groups in total. The molecule has 0 saturated heterocycles. The molecule has 4 rings (SSSR count).